The first-order valence-corrected chi connectivity index (χ1v) is 10.2. The van der Waals surface area contributed by atoms with Gasteiger partial charge in [0.25, 0.3) is 5.91 Å². The van der Waals surface area contributed by atoms with Crippen LogP contribution in [0.3, 0.4) is 0 Å². The van der Waals surface area contributed by atoms with Crippen LogP contribution < -0.4 is 10.6 Å². The number of hydrogen-bond acceptors (Lipinski definition) is 4. The van der Waals surface area contributed by atoms with Crippen LogP contribution in [-0.4, -0.2) is 52.4 Å². The molecule has 0 aromatic heterocycles. The van der Waals surface area contributed by atoms with Gasteiger partial charge >= 0.3 is 0 Å². The highest BCUT2D eigenvalue weighted by molar-refractivity contribution is 5.98. The first kappa shape index (κ1) is 19.9. The number of benzene rings is 2. The van der Waals surface area contributed by atoms with Crippen LogP contribution in [0, 0.1) is 0 Å². The molecule has 2 aliphatic heterocycles. The molecule has 2 fully saturated rings. The summed E-state index contributed by atoms with van der Waals surface area (Å²) in [5.74, 6) is -0.379. The van der Waals surface area contributed by atoms with E-state index in [1.165, 1.54) is 0 Å². The van der Waals surface area contributed by atoms with Gasteiger partial charge in [-0.15, -0.1) is 0 Å². The Kier molecular flexibility index (Phi) is 5.44. The lowest BCUT2D eigenvalue weighted by Gasteiger charge is -2.34. The molecule has 0 radical (unpaired) electrons. The second-order valence-corrected chi connectivity index (χ2v) is 7.89. The minimum atomic E-state index is -0.644. The molecule has 7 heteroatoms. The van der Waals surface area contributed by atoms with E-state index in [9.17, 15) is 19.5 Å². The van der Waals surface area contributed by atoms with E-state index >= 15 is 0 Å². The van der Waals surface area contributed by atoms with E-state index in [1.54, 1.807) is 41.3 Å². The number of nitrogens with zero attached hydrogens (tertiary/aromatic N) is 1. The van der Waals surface area contributed by atoms with Crippen molar-refractivity contribution < 1.29 is 19.5 Å². The quantitative estimate of drug-likeness (QED) is 0.698. The average molecular weight is 407 g/mol. The zero-order chi connectivity index (χ0) is 21.3. The van der Waals surface area contributed by atoms with Crippen LogP contribution in [0.25, 0.3) is 0 Å². The summed E-state index contributed by atoms with van der Waals surface area (Å²) in [5, 5.41) is 15.2. The van der Waals surface area contributed by atoms with Crippen molar-refractivity contribution in [3.05, 3.63) is 65.2 Å². The molecule has 3 N–H and O–H groups in total. The standard InChI is InChI=1S/C23H25N3O4/c1-2-14-3-7-16(8-4-14)21(28)24-17-12-20-22(29)25-19(23(30)26(20)13-17)11-15-5-9-18(27)10-6-15/h3-10,17,19-20,27H,2,11-13H2,1H3,(H,24,28)(H,25,29)/t17-,19+,20-/m0/s1. The molecule has 0 bridgehead atoms. The van der Waals surface area contributed by atoms with Gasteiger partial charge in [-0.1, -0.05) is 31.2 Å². The summed E-state index contributed by atoms with van der Waals surface area (Å²) in [6.45, 7) is 2.38. The second-order valence-electron chi connectivity index (χ2n) is 7.89. The van der Waals surface area contributed by atoms with Gasteiger partial charge in [0.2, 0.25) is 11.8 Å². The number of aromatic hydroxyl groups is 1. The summed E-state index contributed by atoms with van der Waals surface area (Å²) in [7, 11) is 0. The number of carbonyl (C=O) groups is 3. The van der Waals surface area contributed by atoms with Crippen molar-refractivity contribution in [3.8, 4) is 5.75 Å². The van der Waals surface area contributed by atoms with Gasteiger partial charge < -0.3 is 20.6 Å². The maximum atomic E-state index is 12.9. The number of phenolic OH excluding ortho intramolecular Hbond substituents is 1. The summed E-state index contributed by atoms with van der Waals surface area (Å²) in [6, 6.07) is 12.6. The Labute approximate surface area is 175 Å². The molecule has 0 unspecified atom stereocenters. The molecule has 2 aliphatic rings. The van der Waals surface area contributed by atoms with Gasteiger partial charge in [-0.25, -0.2) is 0 Å². The molecule has 2 heterocycles. The Hall–Kier alpha value is -3.35. The maximum absolute atomic E-state index is 12.9. The molecule has 156 valence electrons. The molecule has 7 nitrogen and oxygen atoms in total. The minimum absolute atomic E-state index is 0.142. The Morgan fingerprint density at radius 2 is 1.77 bits per heavy atom. The molecular weight excluding hydrogens is 382 g/mol. The van der Waals surface area contributed by atoms with Crippen LogP contribution in [0.4, 0.5) is 0 Å². The predicted octanol–water partition coefficient (Wildman–Crippen LogP) is 1.39. The molecule has 0 aliphatic carbocycles. The van der Waals surface area contributed by atoms with Gasteiger partial charge in [-0.2, -0.15) is 0 Å². The first-order chi connectivity index (χ1) is 14.4. The molecule has 2 saturated heterocycles. The number of piperazine rings is 1. The van der Waals surface area contributed by atoms with Gasteiger partial charge in [0.1, 0.15) is 17.8 Å². The number of phenols is 1. The highest BCUT2D eigenvalue weighted by atomic mass is 16.3. The normalized spacial score (nSPS) is 23.1. The average Bonchev–Trinajstić information content (AvgIpc) is 3.18. The fourth-order valence-corrected chi connectivity index (χ4v) is 4.13. The van der Waals surface area contributed by atoms with E-state index in [4.69, 9.17) is 0 Å². The molecule has 3 amide bonds. The lowest BCUT2D eigenvalue weighted by atomic mass is 10.0. The van der Waals surface area contributed by atoms with Crippen LogP contribution in [0.2, 0.25) is 0 Å². The van der Waals surface area contributed by atoms with E-state index in [2.05, 4.69) is 17.6 Å². The summed E-state index contributed by atoms with van der Waals surface area (Å²) in [6.07, 6.45) is 1.67. The van der Waals surface area contributed by atoms with E-state index < -0.39 is 12.1 Å². The molecule has 0 saturated carbocycles. The Morgan fingerprint density at radius 3 is 2.43 bits per heavy atom. The highest BCUT2D eigenvalue weighted by Gasteiger charge is 2.46. The summed E-state index contributed by atoms with van der Waals surface area (Å²) >= 11 is 0. The van der Waals surface area contributed by atoms with Crippen molar-refractivity contribution >= 4 is 17.7 Å². The molecule has 2 aromatic rings. The van der Waals surface area contributed by atoms with E-state index in [-0.39, 0.29) is 29.5 Å². The Bertz CT molecular complexity index is 955. The van der Waals surface area contributed by atoms with Gasteiger partial charge in [0.05, 0.1) is 0 Å². The van der Waals surface area contributed by atoms with E-state index in [1.807, 2.05) is 12.1 Å². The number of hydrogen-bond donors (Lipinski definition) is 3. The van der Waals surface area contributed by atoms with E-state index in [0.29, 0.717) is 24.9 Å². The summed E-state index contributed by atoms with van der Waals surface area (Å²) in [5.41, 5.74) is 2.58. The van der Waals surface area contributed by atoms with Gasteiger partial charge in [0, 0.05) is 24.6 Å². The van der Waals surface area contributed by atoms with Crippen LogP contribution >= 0.6 is 0 Å². The molecule has 2 aromatic carbocycles. The van der Waals surface area contributed by atoms with Crippen molar-refractivity contribution in [2.75, 3.05) is 6.54 Å². The topological polar surface area (TPSA) is 98.7 Å². The molecule has 0 spiro atoms. The van der Waals surface area contributed by atoms with E-state index in [0.717, 1.165) is 17.5 Å². The fourth-order valence-electron chi connectivity index (χ4n) is 4.13. The van der Waals surface area contributed by atoms with Crippen LogP contribution in [0.5, 0.6) is 5.75 Å². The van der Waals surface area contributed by atoms with Crippen LogP contribution in [0.15, 0.2) is 48.5 Å². The largest absolute Gasteiger partial charge is 0.508 e. The van der Waals surface area contributed by atoms with Crippen molar-refractivity contribution in [3.63, 3.8) is 0 Å². The third-order valence-electron chi connectivity index (χ3n) is 5.84. The third kappa shape index (κ3) is 4.01. The smallest absolute Gasteiger partial charge is 0.251 e. The maximum Gasteiger partial charge on any atom is 0.251 e. The van der Waals surface area contributed by atoms with Crippen molar-refractivity contribution in [1.29, 1.82) is 0 Å². The first-order valence-electron chi connectivity index (χ1n) is 10.2. The van der Waals surface area contributed by atoms with Gasteiger partial charge in [-0.3, -0.25) is 14.4 Å². The summed E-state index contributed by atoms with van der Waals surface area (Å²) < 4.78 is 0. The lowest BCUT2D eigenvalue weighted by Crippen LogP contribution is -2.61. The fraction of sp³-hybridized carbons (Fsp3) is 0.348. The number of nitrogens with one attached hydrogen (secondary N) is 2. The predicted molar refractivity (Wildman–Crippen MR) is 111 cm³/mol. The Balaban J connectivity index is 1.40. The number of fused-ring (bicyclic) bond motifs is 1. The number of aryl methyl sites for hydroxylation is 1. The zero-order valence-corrected chi connectivity index (χ0v) is 16.8. The Morgan fingerprint density at radius 1 is 1.10 bits per heavy atom. The van der Waals surface area contributed by atoms with Gasteiger partial charge in [0.15, 0.2) is 0 Å². The summed E-state index contributed by atoms with van der Waals surface area (Å²) in [4.78, 5) is 39.7. The van der Waals surface area contributed by atoms with Crippen molar-refractivity contribution in [2.45, 2.75) is 44.3 Å². The van der Waals surface area contributed by atoms with Crippen LogP contribution in [-0.2, 0) is 22.4 Å². The zero-order valence-electron chi connectivity index (χ0n) is 16.8. The van der Waals surface area contributed by atoms with Crippen molar-refractivity contribution in [1.82, 2.24) is 15.5 Å². The van der Waals surface area contributed by atoms with Gasteiger partial charge in [-0.05, 0) is 48.2 Å². The molecule has 4 rings (SSSR count). The number of amides is 3. The molecular formula is C23H25N3O4. The minimum Gasteiger partial charge on any atom is -0.508 e. The highest BCUT2D eigenvalue weighted by Crippen LogP contribution is 2.24. The number of rotatable bonds is 5. The molecule has 3 atom stereocenters. The number of carbonyl (C=O) groups excluding carboxylic acids is 3. The lowest BCUT2D eigenvalue weighted by molar-refractivity contribution is -0.147. The van der Waals surface area contributed by atoms with Crippen molar-refractivity contribution in [2.24, 2.45) is 0 Å². The SMILES string of the molecule is CCc1ccc(C(=O)N[C@H]2C[C@H]3C(=O)N[C@H](Cc4ccc(O)cc4)C(=O)N3C2)cc1. The third-order valence-corrected chi connectivity index (χ3v) is 5.84. The second kappa shape index (κ2) is 8.18. The molecule has 30 heavy (non-hydrogen) atoms. The monoisotopic (exact) mass is 407 g/mol. The van der Waals surface area contributed by atoms with Crippen LogP contribution in [0.1, 0.15) is 34.8 Å².